The molecule has 0 aliphatic carbocycles. The van der Waals surface area contributed by atoms with Gasteiger partial charge in [-0.15, -0.1) is 0 Å². The second-order valence-corrected chi connectivity index (χ2v) is 10.5. The number of thioether (sulfide) groups is 1. The Bertz CT molecular complexity index is 1150. The number of hydrogen-bond acceptors (Lipinski definition) is 8. The third-order valence-electron chi connectivity index (χ3n) is 6.31. The fourth-order valence-corrected chi connectivity index (χ4v) is 5.62. The lowest BCUT2D eigenvalue weighted by Crippen LogP contribution is -2.41. The van der Waals surface area contributed by atoms with Crippen molar-refractivity contribution in [1.29, 1.82) is 5.26 Å². The van der Waals surface area contributed by atoms with Gasteiger partial charge in [-0.2, -0.15) is 5.26 Å². The number of anilines is 1. The number of aliphatic carboxylic acids is 1. The number of hydrogen-bond donors (Lipinski definition) is 1. The average molecular weight is 533 g/mol. The fourth-order valence-electron chi connectivity index (χ4n) is 4.33. The standard InChI is InChI=1S/C25H32N4O5S2/c1-3-4-9-28-22(27-11-13-34-14-12-27)18(17(2)19(16-26)23(28)32)15-20-24(33)29(25(35)36-20)10-7-5-6-8-21(30)31/h15H,3-14H2,1-2H3,(H,30,31)/b20-15+. The van der Waals surface area contributed by atoms with Crippen molar-refractivity contribution >= 4 is 52.1 Å². The van der Waals surface area contributed by atoms with Crippen LogP contribution < -0.4 is 10.5 Å². The molecular weight excluding hydrogens is 500 g/mol. The summed E-state index contributed by atoms with van der Waals surface area (Å²) in [5.74, 6) is -0.320. The molecule has 1 N–H and O–H groups in total. The number of ether oxygens (including phenoxy) is 1. The van der Waals surface area contributed by atoms with Gasteiger partial charge in [0.1, 0.15) is 21.8 Å². The first-order valence-corrected chi connectivity index (χ1v) is 13.5. The van der Waals surface area contributed by atoms with Crippen molar-refractivity contribution in [2.24, 2.45) is 0 Å². The molecule has 194 valence electrons. The zero-order valence-electron chi connectivity index (χ0n) is 20.7. The molecule has 9 nitrogen and oxygen atoms in total. The van der Waals surface area contributed by atoms with Gasteiger partial charge in [-0.05, 0) is 37.8 Å². The topological polar surface area (TPSA) is 116 Å². The van der Waals surface area contributed by atoms with E-state index < -0.39 is 5.97 Å². The second kappa shape index (κ2) is 13.0. The highest BCUT2D eigenvalue weighted by atomic mass is 32.2. The number of thiocarbonyl (C=S) groups is 1. The van der Waals surface area contributed by atoms with E-state index in [0.29, 0.717) is 84.8 Å². The van der Waals surface area contributed by atoms with Crippen molar-refractivity contribution in [3.05, 3.63) is 31.9 Å². The van der Waals surface area contributed by atoms with Crippen molar-refractivity contribution < 1.29 is 19.4 Å². The fraction of sp³-hybridized carbons (Fsp3) is 0.560. The van der Waals surface area contributed by atoms with Crippen molar-refractivity contribution in [3.8, 4) is 6.07 Å². The highest BCUT2D eigenvalue weighted by Gasteiger charge is 2.33. The minimum atomic E-state index is -0.827. The van der Waals surface area contributed by atoms with Crippen LogP contribution in [-0.4, -0.2) is 63.6 Å². The number of carbonyl (C=O) groups excluding carboxylic acids is 1. The minimum absolute atomic E-state index is 0.0864. The molecule has 0 saturated carbocycles. The minimum Gasteiger partial charge on any atom is -0.481 e. The predicted octanol–water partition coefficient (Wildman–Crippen LogP) is 3.51. The normalized spacial score (nSPS) is 17.2. The van der Waals surface area contributed by atoms with Gasteiger partial charge in [-0.1, -0.05) is 43.7 Å². The van der Waals surface area contributed by atoms with Gasteiger partial charge in [-0.25, -0.2) is 0 Å². The number of aromatic nitrogens is 1. The highest BCUT2D eigenvalue weighted by molar-refractivity contribution is 8.26. The summed E-state index contributed by atoms with van der Waals surface area (Å²) in [6.07, 6.45) is 5.46. The third kappa shape index (κ3) is 6.35. The number of carboxylic acids is 1. The predicted molar refractivity (Wildman–Crippen MR) is 144 cm³/mol. The molecule has 0 bridgehead atoms. The van der Waals surface area contributed by atoms with E-state index in [-0.39, 0.29) is 23.5 Å². The first-order chi connectivity index (χ1) is 17.3. The number of carboxylic acid groups (broad SMARTS) is 1. The summed E-state index contributed by atoms with van der Waals surface area (Å²) in [7, 11) is 0. The number of nitriles is 1. The van der Waals surface area contributed by atoms with Crippen LogP contribution in [0.2, 0.25) is 0 Å². The summed E-state index contributed by atoms with van der Waals surface area (Å²) in [4.78, 5) is 41.4. The van der Waals surface area contributed by atoms with Crippen LogP contribution in [0.25, 0.3) is 6.08 Å². The SMILES string of the molecule is CCCCn1c(N2CCOCC2)c(/C=C2/SC(=S)N(CCCCCC(=O)O)C2=O)c(C)c(C#N)c1=O. The van der Waals surface area contributed by atoms with Gasteiger partial charge < -0.3 is 14.7 Å². The zero-order valence-corrected chi connectivity index (χ0v) is 22.4. The van der Waals surface area contributed by atoms with Gasteiger partial charge in [0.15, 0.2) is 0 Å². The van der Waals surface area contributed by atoms with Gasteiger partial charge in [0.25, 0.3) is 11.5 Å². The molecule has 1 aromatic heterocycles. The van der Waals surface area contributed by atoms with Crippen LogP contribution in [0.1, 0.15) is 62.1 Å². The number of nitrogens with zero attached hydrogens (tertiary/aromatic N) is 4. The molecule has 2 fully saturated rings. The van der Waals surface area contributed by atoms with Crippen LogP contribution in [0, 0.1) is 18.3 Å². The molecule has 1 aromatic rings. The van der Waals surface area contributed by atoms with E-state index in [0.717, 1.165) is 12.8 Å². The molecule has 3 rings (SSSR count). The number of morpholine rings is 1. The molecule has 2 saturated heterocycles. The van der Waals surface area contributed by atoms with Gasteiger partial charge in [0.2, 0.25) is 0 Å². The molecule has 0 atom stereocenters. The average Bonchev–Trinajstić information content (AvgIpc) is 3.12. The molecule has 2 aliphatic heterocycles. The van der Waals surface area contributed by atoms with Crippen LogP contribution in [0.4, 0.5) is 5.82 Å². The second-order valence-electron chi connectivity index (χ2n) is 8.80. The van der Waals surface area contributed by atoms with Gasteiger partial charge in [-0.3, -0.25) is 23.9 Å². The largest absolute Gasteiger partial charge is 0.481 e. The van der Waals surface area contributed by atoms with Crippen LogP contribution in [0.5, 0.6) is 0 Å². The summed E-state index contributed by atoms with van der Waals surface area (Å²) < 4.78 is 7.65. The van der Waals surface area contributed by atoms with E-state index in [4.69, 9.17) is 22.1 Å². The Morgan fingerprint density at radius 1 is 1.19 bits per heavy atom. The van der Waals surface area contributed by atoms with Crippen LogP contribution in [-0.2, 0) is 20.9 Å². The van der Waals surface area contributed by atoms with Gasteiger partial charge >= 0.3 is 5.97 Å². The third-order valence-corrected chi connectivity index (χ3v) is 7.69. The molecular formula is C25H32N4O5S2. The zero-order chi connectivity index (χ0) is 26.2. The lowest BCUT2D eigenvalue weighted by Gasteiger charge is -2.33. The van der Waals surface area contributed by atoms with Crippen molar-refractivity contribution in [2.75, 3.05) is 37.7 Å². The van der Waals surface area contributed by atoms with Gasteiger partial charge in [0.05, 0.1) is 18.1 Å². The number of unbranched alkanes of at least 4 members (excludes halogenated alkanes) is 3. The summed E-state index contributed by atoms with van der Waals surface area (Å²) in [5, 5.41) is 18.6. The van der Waals surface area contributed by atoms with Crippen molar-refractivity contribution in [2.45, 2.75) is 58.9 Å². The maximum atomic E-state index is 13.3. The molecule has 1 amide bonds. The Hall–Kier alpha value is -2.68. The number of amides is 1. The number of pyridine rings is 1. The lowest BCUT2D eigenvalue weighted by molar-refractivity contribution is -0.137. The molecule has 36 heavy (non-hydrogen) atoms. The van der Waals surface area contributed by atoms with Crippen molar-refractivity contribution in [1.82, 2.24) is 9.47 Å². The van der Waals surface area contributed by atoms with E-state index in [1.807, 2.05) is 6.92 Å². The Kier molecular flexibility index (Phi) is 10.1. The molecule has 0 unspecified atom stereocenters. The van der Waals surface area contributed by atoms with E-state index in [9.17, 15) is 19.6 Å². The molecule has 0 aromatic carbocycles. The van der Waals surface area contributed by atoms with E-state index in [1.165, 1.54) is 11.8 Å². The molecule has 0 radical (unpaired) electrons. The highest BCUT2D eigenvalue weighted by Crippen LogP contribution is 2.36. The summed E-state index contributed by atoms with van der Waals surface area (Å²) in [5.41, 5.74) is 1.01. The Morgan fingerprint density at radius 3 is 2.56 bits per heavy atom. The summed E-state index contributed by atoms with van der Waals surface area (Å²) >= 11 is 6.68. The molecule has 2 aliphatic rings. The van der Waals surface area contributed by atoms with E-state index in [2.05, 4.69) is 11.0 Å². The van der Waals surface area contributed by atoms with Crippen molar-refractivity contribution in [3.63, 3.8) is 0 Å². The van der Waals surface area contributed by atoms with Gasteiger partial charge in [0, 0.05) is 38.2 Å². The van der Waals surface area contributed by atoms with E-state index in [1.54, 1.807) is 22.5 Å². The number of rotatable bonds is 11. The van der Waals surface area contributed by atoms with Crippen LogP contribution >= 0.6 is 24.0 Å². The first kappa shape index (κ1) is 27.9. The molecule has 11 heteroatoms. The maximum Gasteiger partial charge on any atom is 0.303 e. The quantitative estimate of drug-likeness (QED) is 0.260. The summed E-state index contributed by atoms with van der Waals surface area (Å²) in [6.45, 7) is 6.99. The Morgan fingerprint density at radius 2 is 1.92 bits per heavy atom. The van der Waals surface area contributed by atoms with Crippen LogP contribution in [0.15, 0.2) is 9.70 Å². The molecule has 0 spiro atoms. The molecule has 3 heterocycles. The van der Waals surface area contributed by atoms with E-state index >= 15 is 0 Å². The summed E-state index contributed by atoms with van der Waals surface area (Å²) in [6, 6.07) is 2.08. The smallest absolute Gasteiger partial charge is 0.303 e. The monoisotopic (exact) mass is 532 g/mol. The van der Waals surface area contributed by atoms with Crippen LogP contribution in [0.3, 0.4) is 0 Å². The first-order valence-electron chi connectivity index (χ1n) is 12.3. The Labute approximate surface area is 220 Å². The lowest BCUT2D eigenvalue weighted by atomic mass is 10.0. The Balaban J connectivity index is 1.99. The number of carbonyl (C=O) groups is 2. The maximum absolute atomic E-state index is 13.3.